The molecule has 1 amide bonds. The molecule has 2 N–H and O–H groups in total. The van der Waals surface area contributed by atoms with Gasteiger partial charge in [-0.05, 0) is 31.6 Å². The maximum absolute atomic E-state index is 11.2. The van der Waals surface area contributed by atoms with Crippen molar-refractivity contribution in [2.24, 2.45) is 11.8 Å². The van der Waals surface area contributed by atoms with Gasteiger partial charge < -0.3 is 10.4 Å². The fourth-order valence-corrected chi connectivity index (χ4v) is 1.67. The van der Waals surface area contributed by atoms with E-state index in [2.05, 4.69) is 5.32 Å². The summed E-state index contributed by atoms with van der Waals surface area (Å²) in [6.45, 7) is 0.274. The van der Waals surface area contributed by atoms with Gasteiger partial charge in [0.2, 0.25) is 5.91 Å². The van der Waals surface area contributed by atoms with Crippen LogP contribution < -0.4 is 5.32 Å². The Labute approximate surface area is 72.2 Å². The summed E-state index contributed by atoms with van der Waals surface area (Å²) in [7, 11) is 0. The Morgan fingerprint density at radius 1 is 1.42 bits per heavy atom. The van der Waals surface area contributed by atoms with Crippen molar-refractivity contribution in [1.29, 1.82) is 0 Å². The molecule has 0 heterocycles. The third-order valence-electron chi connectivity index (χ3n) is 2.79. The molecule has 0 aromatic rings. The minimum Gasteiger partial charge on any atom is -0.396 e. The Morgan fingerprint density at radius 3 is 2.58 bits per heavy atom. The smallest absolute Gasteiger partial charge is 0.223 e. The molecule has 0 saturated heterocycles. The second kappa shape index (κ2) is 3.05. The normalized spacial score (nSPS) is 34.1. The molecule has 3 nitrogen and oxygen atoms in total. The average Bonchev–Trinajstić information content (AvgIpc) is 2.76. The van der Waals surface area contributed by atoms with Crippen molar-refractivity contribution in [2.75, 3.05) is 6.61 Å². The topological polar surface area (TPSA) is 49.3 Å². The Bertz CT molecular complexity index is 183. The first-order valence-electron chi connectivity index (χ1n) is 4.71. The summed E-state index contributed by atoms with van der Waals surface area (Å²) in [5.41, 5.74) is 0. The lowest BCUT2D eigenvalue weighted by Gasteiger charge is -2.34. The van der Waals surface area contributed by atoms with E-state index in [9.17, 15) is 4.79 Å². The Morgan fingerprint density at radius 2 is 2.08 bits per heavy atom. The first kappa shape index (κ1) is 8.05. The van der Waals surface area contributed by atoms with Gasteiger partial charge in [0.25, 0.3) is 0 Å². The van der Waals surface area contributed by atoms with Crippen molar-refractivity contribution in [3.8, 4) is 0 Å². The average molecular weight is 169 g/mol. The quantitative estimate of drug-likeness (QED) is 0.637. The summed E-state index contributed by atoms with van der Waals surface area (Å²) in [5, 5.41) is 11.7. The molecule has 12 heavy (non-hydrogen) atoms. The molecule has 0 spiro atoms. The molecule has 2 saturated carbocycles. The molecule has 0 bridgehead atoms. The van der Waals surface area contributed by atoms with Crippen LogP contribution in [0.4, 0.5) is 0 Å². The van der Waals surface area contributed by atoms with Gasteiger partial charge in [-0.3, -0.25) is 4.79 Å². The third kappa shape index (κ3) is 1.61. The Hall–Kier alpha value is -0.570. The third-order valence-corrected chi connectivity index (χ3v) is 2.79. The summed E-state index contributed by atoms with van der Waals surface area (Å²) in [6.07, 6.45) is 4.08. The van der Waals surface area contributed by atoms with Crippen LogP contribution in [-0.2, 0) is 4.79 Å². The van der Waals surface area contributed by atoms with E-state index in [1.165, 1.54) is 0 Å². The highest BCUT2D eigenvalue weighted by atomic mass is 16.3. The van der Waals surface area contributed by atoms with Crippen LogP contribution >= 0.6 is 0 Å². The molecule has 2 aliphatic rings. The molecule has 3 heteroatoms. The summed E-state index contributed by atoms with van der Waals surface area (Å²) in [5.74, 6) is 0.990. The second-order valence-electron chi connectivity index (χ2n) is 4.00. The van der Waals surface area contributed by atoms with E-state index in [1.54, 1.807) is 0 Å². The van der Waals surface area contributed by atoms with E-state index in [0.29, 0.717) is 17.9 Å². The van der Waals surface area contributed by atoms with Crippen LogP contribution in [0.5, 0.6) is 0 Å². The molecular weight excluding hydrogens is 154 g/mol. The molecule has 2 rings (SSSR count). The van der Waals surface area contributed by atoms with Gasteiger partial charge in [-0.2, -0.15) is 0 Å². The molecule has 0 atom stereocenters. The van der Waals surface area contributed by atoms with Gasteiger partial charge in [0.05, 0.1) is 0 Å². The molecule has 0 unspecified atom stereocenters. The van der Waals surface area contributed by atoms with Gasteiger partial charge in [-0.1, -0.05) is 0 Å². The summed E-state index contributed by atoms with van der Waals surface area (Å²) >= 11 is 0. The molecule has 0 aromatic heterocycles. The van der Waals surface area contributed by atoms with E-state index in [-0.39, 0.29) is 12.5 Å². The Kier molecular flexibility index (Phi) is 2.05. The summed E-state index contributed by atoms with van der Waals surface area (Å²) in [6, 6.07) is 0.357. The molecule has 68 valence electrons. The van der Waals surface area contributed by atoms with Crippen LogP contribution in [0.15, 0.2) is 0 Å². The predicted octanol–water partition coefficient (Wildman–Crippen LogP) is 0.283. The van der Waals surface area contributed by atoms with Gasteiger partial charge in [0.15, 0.2) is 0 Å². The van der Waals surface area contributed by atoms with Crippen LogP contribution in [0.2, 0.25) is 0 Å². The second-order valence-corrected chi connectivity index (χ2v) is 4.00. The van der Waals surface area contributed by atoms with Crippen molar-refractivity contribution in [2.45, 2.75) is 31.7 Å². The number of rotatable bonds is 3. The van der Waals surface area contributed by atoms with Crippen LogP contribution in [0.25, 0.3) is 0 Å². The van der Waals surface area contributed by atoms with Crippen molar-refractivity contribution in [1.82, 2.24) is 5.32 Å². The number of carbonyl (C=O) groups is 1. The molecule has 0 radical (unpaired) electrons. The standard InChI is InChI=1S/C9H15NO2/c11-5-6-3-8(4-6)10-9(12)7-1-2-7/h6-8,11H,1-5H2,(H,10,12). The van der Waals surface area contributed by atoms with Crippen molar-refractivity contribution < 1.29 is 9.90 Å². The van der Waals surface area contributed by atoms with Crippen LogP contribution in [-0.4, -0.2) is 23.7 Å². The highest BCUT2D eigenvalue weighted by molar-refractivity contribution is 5.81. The molecule has 0 aromatic carbocycles. The molecule has 0 aliphatic heterocycles. The Balaban J connectivity index is 1.65. The highest BCUT2D eigenvalue weighted by Crippen LogP contribution is 2.31. The van der Waals surface area contributed by atoms with E-state index in [0.717, 1.165) is 25.7 Å². The summed E-state index contributed by atoms with van der Waals surface area (Å²) < 4.78 is 0. The van der Waals surface area contributed by atoms with Gasteiger partial charge in [0, 0.05) is 18.6 Å². The lowest BCUT2D eigenvalue weighted by Crippen LogP contribution is -2.45. The maximum Gasteiger partial charge on any atom is 0.223 e. The van der Waals surface area contributed by atoms with Crippen LogP contribution in [0, 0.1) is 11.8 Å². The van der Waals surface area contributed by atoms with Gasteiger partial charge in [-0.25, -0.2) is 0 Å². The number of hydrogen-bond donors (Lipinski definition) is 2. The van der Waals surface area contributed by atoms with Gasteiger partial charge >= 0.3 is 0 Å². The summed E-state index contributed by atoms with van der Waals surface area (Å²) in [4.78, 5) is 11.2. The number of aliphatic hydroxyl groups excluding tert-OH is 1. The fourth-order valence-electron chi connectivity index (χ4n) is 1.67. The maximum atomic E-state index is 11.2. The molecule has 2 aliphatic carbocycles. The van der Waals surface area contributed by atoms with E-state index in [4.69, 9.17) is 5.11 Å². The highest BCUT2D eigenvalue weighted by Gasteiger charge is 2.35. The molecular formula is C9H15NO2. The zero-order valence-electron chi connectivity index (χ0n) is 7.12. The number of hydrogen-bond acceptors (Lipinski definition) is 2. The number of carbonyl (C=O) groups excluding carboxylic acids is 1. The lowest BCUT2D eigenvalue weighted by molar-refractivity contribution is -0.124. The monoisotopic (exact) mass is 169 g/mol. The van der Waals surface area contributed by atoms with Crippen molar-refractivity contribution in [3.63, 3.8) is 0 Å². The fraction of sp³-hybridized carbons (Fsp3) is 0.889. The van der Waals surface area contributed by atoms with Crippen molar-refractivity contribution >= 4 is 5.91 Å². The number of aliphatic hydroxyl groups is 1. The zero-order valence-corrected chi connectivity index (χ0v) is 7.12. The van der Waals surface area contributed by atoms with E-state index < -0.39 is 0 Å². The predicted molar refractivity (Wildman–Crippen MR) is 44.5 cm³/mol. The molecule has 2 fully saturated rings. The van der Waals surface area contributed by atoms with Gasteiger partial charge in [0.1, 0.15) is 0 Å². The largest absolute Gasteiger partial charge is 0.396 e. The van der Waals surface area contributed by atoms with Gasteiger partial charge in [-0.15, -0.1) is 0 Å². The zero-order chi connectivity index (χ0) is 8.55. The van der Waals surface area contributed by atoms with E-state index in [1.807, 2.05) is 0 Å². The number of nitrogens with one attached hydrogen (secondary N) is 1. The van der Waals surface area contributed by atoms with Crippen LogP contribution in [0.1, 0.15) is 25.7 Å². The SMILES string of the molecule is O=C(NC1CC(CO)C1)C1CC1. The first-order valence-corrected chi connectivity index (χ1v) is 4.71. The minimum atomic E-state index is 0.233. The van der Waals surface area contributed by atoms with E-state index >= 15 is 0 Å². The first-order chi connectivity index (χ1) is 5.79. The van der Waals surface area contributed by atoms with Crippen LogP contribution in [0.3, 0.4) is 0 Å². The minimum absolute atomic E-state index is 0.233. The van der Waals surface area contributed by atoms with Crippen molar-refractivity contribution in [3.05, 3.63) is 0 Å². The number of amides is 1. The lowest BCUT2D eigenvalue weighted by atomic mass is 9.81.